The maximum atomic E-state index is 13.1. The molecule has 0 atom stereocenters. The Labute approximate surface area is 130 Å². The number of hydrogen-bond donors (Lipinski definition) is 0. The molecule has 0 aliphatic heterocycles. The van der Waals surface area contributed by atoms with E-state index in [1.165, 1.54) is 13.0 Å². The summed E-state index contributed by atoms with van der Waals surface area (Å²) in [5, 5.41) is 0. The van der Waals surface area contributed by atoms with Gasteiger partial charge in [-0.3, -0.25) is 4.79 Å². The maximum absolute atomic E-state index is 13.1. The predicted molar refractivity (Wildman–Crippen MR) is 81.5 cm³/mol. The van der Waals surface area contributed by atoms with Crippen LogP contribution in [-0.2, 0) is 0 Å². The molecule has 0 aliphatic carbocycles. The van der Waals surface area contributed by atoms with Crippen molar-refractivity contribution in [2.24, 2.45) is 0 Å². The Balaban J connectivity index is 1.87. The number of carbonyl (C=O) groups excluding carboxylic acids is 1. The highest BCUT2D eigenvalue weighted by Gasteiger charge is 2.07. The number of halogens is 2. The van der Waals surface area contributed by atoms with E-state index in [0.29, 0.717) is 34.7 Å². The number of para-hydroxylation sites is 1. The highest BCUT2D eigenvalue weighted by atomic mass is 79.9. The Bertz CT molecular complexity index is 643. The maximum Gasteiger partial charge on any atom is 0.163 e. The molecule has 2 aromatic carbocycles. The fourth-order valence-electron chi connectivity index (χ4n) is 1.76. The quantitative estimate of drug-likeness (QED) is 0.575. The van der Waals surface area contributed by atoms with Gasteiger partial charge in [0, 0.05) is 0 Å². The van der Waals surface area contributed by atoms with E-state index in [-0.39, 0.29) is 11.6 Å². The first kappa shape index (κ1) is 15.5. The minimum Gasteiger partial charge on any atom is -0.490 e. The van der Waals surface area contributed by atoms with Crippen molar-refractivity contribution in [1.29, 1.82) is 0 Å². The van der Waals surface area contributed by atoms with Crippen LogP contribution < -0.4 is 9.47 Å². The van der Waals surface area contributed by atoms with E-state index in [4.69, 9.17) is 9.47 Å². The molecule has 0 fully saturated rings. The van der Waals surface area contributed by atoms with Gasteiger partial charge < -0.3 is 9.47 Å². The van der Waals surface area contributed by atoms with Crippen LogP contribution in [0.15, 0.2) is 46.9 Å². The zero-order valence-electron chi connectivity index (χ0n) is 11.4. The molecule has 0 bridgehead atoms. The number of ketones is 1. The molecule has 0 aliphatic rings. The lowest BCUT2D eigenvalue weighted by Gasteiger charge is -2.11. The summed E-state index contributed by atoms with van der Waals surface area (Å²) in [6.45, 7) is 2.08. The van der Waals surface area contributed by atoms with E-state index in [9.17, 15) is 9.18 Å². The summed E-state index contributed by atoms with van der Waals surface area (Å²) in [6.07, 6.45) is 0. The second-order valence-corrected chi connectivity index (χ2v) is 5.18. The lowest BCUT2D eigenvalue weighted by molar-refractivity contribution is 0.101. The number of rotatable bonds is 6. The van der Waals surface area contributed by atoms with Gasteiger partial charge in [0.05, 0.1) is 10.0 Å². The van der Waals surface area contributed by atoms with E-state index in [0.717, 1.165) is 0 Å². The van der Waals surface area contributed by atoms with Crippen LogP contribution in [0.2, 0.25) is 0 Å². The van der Waals surface area contributed by atoms with Gasteiger partial charge in [-0.15, -0.1) is 0 Å². The average molecular weight is 353 g/mol. The lowest BCUT2D eigenvalue weighted by Crippen LogP contribution is -2.10. The smallest absolute Gasteiger partial charge is 0.163 e. The van der Waals surface area contributed by atoms with Crippen LogP contribution in [0, 0.1) is 5.82 Å². The standard InChI is InChI=1S/C16H14BrFO3/c1-11(19)13-4-2-3-5-16(13)21-9-8-20-12-6-7-15(18)14(17)10-12/h2-7,10H,8-9H2,1H3. The third kappa shape index (κ3) is 4.29. The number of Topliss-reactive ketones (excluding diaryl/α,β-unsaturated/α-hetero) is 1. The number of carbonyl (C=O) groups is 1. The third-order valence-corrected chi connectivity index (χ3v) is 3.37. The average Bonchev–Trinajstić information content (AvgIpc) is 2.47. The zero-order chi connectivity index (χ0) is 15.2. The number of hydrogen-bond acceptors (Lipinski definition) is 3. The Morgan fingerprint density at radius 1 is 1.14 bits per heavy atom. The molecular weight excluding hydrogens is 339 g/mol. The van der Waals surface area contributed by atoms with Crippen molar-refractivity contribution < 1.29 is 18.7 Å². The van der Waals surface area contributed by atoms with Crippen LogP contribution in [0.3, 0.4) is 0 Å². The monoisotopic (exact) mass is 352 g/mol. The highest BCUT2D eigenvalue weighted by Crippen LogP contribution is 2.22. The first-order chi connectivity index (χ1) is 10.1. The van der Waals surface area contributed by atoms with Gasteiger partial charge in [-0.25, -0.2) is 4.39 Å². The third-order valence-electron chi connectivity index (χ3n) is 2.77. The van der Waals surface area contributed by atoms with Gasteiger partial charge in [-0.05, 0) is 53.2 Å². The fourth-order valence-corrected chi connectivity index (χ4v) is 2.12. The number of ether oxygens (including phenoxy) is 2. The van der Waals surface area contributed by atoms with E-state index in [1.807, 2.05) is 0 Å². The highest BCUT2D eigenvalue weighted by molar-refractivity contribution is 9.10. The molecule has 0 saturated carbocycles. The largest absolute Gasteiger partial charge is 0.490 e. The van der Waals surface area contributed by atoms with Crippen molar-refractivity contribution in [3.8, 4) is 11.5 Å². The molecule has 0 spiro atoms. The van der Waals surface area contributed by atoms with E-state index in [2.05, 4.69) is 15.9 Å². The van der Waals surface area contributed by atoms with Gasteiger partial charge in [-0.1, -0.05) is 12.1 Å². The number of benzene rings is 2. The lowest BCUT2D eigenvalue weighted by atomic mass is 10.1. The van der Waals surface area contributed by atoms with Crippen LogP contribution >= 0.6 is 15.9 Å². The topological polar surface area (TPSA) is 35.5 Å². The minimum absolute atomic E-state index is 0.0472. The summed E-state index contributed by atoms with van der Waals surface area (Å²) in [5.41, 5.74) is 0.544. The molecule has 110 valence electrons. The Kier molecular flexibility index (Phi) is 5.33. The predicted octanol–water partition coefficient (Wildman–Crippen LogP) is 4.25. The molecule has 21 heavy (non-hydrogen) atoms. The van der Waals surface area contributed by atoms with E-state index in [1.54, 1.807) is 36.4 Å². The van der Waals surface area contributed by atoms with Gasteiger partial charge in [0.1, 0.15) is 30.5 Å². The molecule has 2 rings (SSSR count). The Hall–Kier alpha value is -1.88. The van der Waals surface area contributed by atoms with Crippen LogP contribution in [0.4, 0.5) is 4.39 Å². The van der Waals surface area contributed by atoms with Crippen molar-refractivity contribution in [3.05, 3.63) is 58.3 Å². The van der Waals surface area contributed by atoms with Gasteiger partial charge in [0.25, 0.3) is 0 Å². The van der Waals surface area contributed by atoms with Crippen LogP contribution in [-0.4, -0.2) is 19.0 Å². The molecule has 3 nitrogen and oxygen atoms in total. The minimum atomic E-state index is -0.339. The summed E-state index contributed by atoms with van der Waals surface area (Å²) >= 11 is 3.09. The molecule has 0 heterocycles. The second-order valence-electron chi connectivity index (χ2n) is 4.33. The van der Waals surface area contributed by atoms with Crippen molar-refractivity contribution in [1.82, 2.24) is 0 Å². The van der Waals surface area contributed by atoms with Gasteiger partial charge >= 0.3 is 0 Å². The molecule has 0 unspecified atom stereocenters. The molecule has 0 N–H and O–H groups in total. The second kappa shape index (κ2) is 7.22. The van der Waals surface area contributed by atoms with Crippen LogP contribution in [0.25, 0.3) is 0 Å². The van der Waals surface area contributed by atoms with Crippen molar-refractivity contribution in [2.75, 3.05) is 13.2 Å². The molecule has 0 radical (unpaired) electrons. The molecule has 2 aromatic rings. The molecule has 5 heteroatoms. The van der Waals surface area contributed by atoms with Crippen molar-refractivity contribution >= 4 is 21.7 Å². The summed E-state index contributed by atoms with van der Waals surface area (Å²) in [6, 6.07) is 11.5. The van der Waals surface area contributed by atoms with Crippen molar-refractivity contribution in [2.45, 2.75) is 6.92 Å². The molecule has 0 amide bonds. The van der Waals surface area contributed by atoms with Crippen LogP contribution in [0.1, 0.15) is 17.3 Å². The zero-order valence-corrected chi connectivity index (χ0v) is 13.0. The summed E-state index contributed by atoms with van der Waals surface area (Å²) < 4.78 is 24.4. The summed E-state index contributed by atoms with van der Waals surface area (Å²) in [5.74, 6) is 0.698. The SMILES string of the molecule is CC(=O)c1ccccc1OCCOc1ccc(F)c(Br)c1. The first-order valence-electron chi connectivity index (χ1n) is 6.38. The van der Waals surface area contributed by atoms with Gasteiger partial charge in [0.15, 0.2) is 5.78 Å². The first-order valence-corrected chi connectivity index (χ1v) is 7.18. The molecule has 0 saturated heterocycles. The normalized spacial score (nSPS) is 10.2. The Morgan fingerprint density at radius 2 is 1.86 bits per heavy atom. The summed E-state index contributed by atoms with van der Waals surface area (Å²) in [7, 11) is 0. The van der Waals surface area contributed by atoms with Gasteiger partial charge in [-0.2, -0.15) is 0 Å². The van der Waals surface area contributed by atoms with E-state index >= 15 is 0 Å². The van der Waals surface area contributed by atoms with E-state index < -0.39 is 0 Å². The molecular formula is C16H14BrFO3. The van der Waals surface area contributed by atoms with Crippen LogP contribution in [0.5, 0.6) is 11.5 Å². The van der Waals surface area contributed by atoms with Crippen molar-refractivity contribution in [3.63, 3.8) is 0 Å². The Morgan fingerprint density at radius 3 is 2.57 bits per heavy atom. The summed E-state index contributed by atoms with van der Waals surface area (Å²) in [4.78, 5) is 11.4. The molecule has 0 aromatic heterocycles. The fraction of sp³-hybridized carbons (Fsp3) is 0.188. The van der Waals surface area contributed by atoms with Gasteiger partial charge in [0.2, 0.25) is 0 Å².